The molecule has 7 heteroatoms. The lowest BCUT2D eigenvalue weighted by molar-refractivity contribution is -0.120. The number of rotatable bonds is 4. The predicted octanol–water partition coefficient (Wildman–Crippen LogP) is 1.64. The van der Waals surface area contributed by atoms with Crippen LogP contribution in [-0.4, -0.2) is 56.2 Å². The van der Waals surface area contributed by atoms with Gasteiger partial charge in [0.05, 0.1) is 11.7 Å². The number of hydrogen-bond acceptors (Lipinski definition) is 5. The fraction of sp³-hybridized carbons (Fsp3) is 0.400. The van der Waals surface area contributed by atoms with Gasteiger partial charge in [-0.25, -0.2) is 0 Å². The SMILES string of the molecule is CC(C(=O)Nc1nncn1-c1ccccc1)N1CCSCC1. The van der Waals surface area contributed by atoms with Crippen molar-refractivity contribution in [3.63, 3.8) is 0 Å². The van der Waals surface area contributed by atoms with Crippen LogP contribution in [0.15, 0.2) is 36.7 Å². The Labute approximate surface area is 133 Å². The number of carbonyl (C=O) groups excluding carboxylic acids is 1. The minimum absolute atomic E-state index is 0.0444. The number of thioether (sulfide) groups is 1. The van der Waals surface area contributed by atoms with Crippen molar-refractivity contribution in [1.82, 2.24) is 19.7 Å². The maximum absolute atomic E-state index is 12.5. The quantitative estimate of drug-likeness (QED) is 0.929. The molecule has 1 N–H and O–H groups in total. The molecule has 1 aromatic carbocycles. The predicted molar refractivity (Wildman–Crippen MR) is 88.3 cm³/mol. The first-order chi connectivity index (χ1) is 10.8. The second kappa shape index (κ2) is 6.93. The normalized spacial score (nSPS) is 17.1. The highest BCUT2D eigenvalue weighted by molar-refractivity contribution is 7.99. The molecule has 0 spiro atoms. The first-order valence-corrected chi connectivity index (χ1v) is 8.49. The molecular formula is C15H19N5OS. The summed E-state index contributed by atoms with van der Waals surface area (Å²) in [7, 11) is 0. The zero-order chi connectivity index (χ0) is 15.4. The molecule has 1 aliphatic rings. The number of carbonyl (C=O) groups is 1. The Hall–Kier alpha value is -1.86. The van der Waals surface area contributed by atoms with Crippen LogP contribution in [0.4, 0.5) is 5.95 Å². The largest absolute Gasteiger partial charge is 0.293 e. The van der Waals surface area contributed by atoms with Crippen LogP contribution < -0.4 is 5.32 Å². The number of para-hydroxylation sites is 1. The molecule has 0 aliphatic carbocycles. The number of amides is 1. The van der Waals surface area contributed by atoms with Crippen LogP contribution in [0, 0.1) is 0 Å². The highest BCUT2D eigenvalue weighted by atomic mass is 32.2. The van der Waals surface area contributed by atoms with Crippen LogP contribution in [0.1, 0.15) is 6.92 Å². The number of hydrogen-bond donors (Lipinski definition) is 1. The van der Waals surface area contributed by atoms with Gasteiger partial charge in [0.1, 0.15) is 6.33 Å². The summed E-state index contributed by atoms with van der Waals surface area (Å²) in [5.41, 5.74) is 0.921. The smallest absolute Gasteiger partial charge is 0.243 e. The zero-order valence-electron chi connectivity index (χ0n) is 12.5. The van der Waals surface area contributed by atoms with Gasteiger partial charge >= 0.3 is 0 Å². The van der Waals surface area contributed by atoms with E-state index in [0.29, 0.717) is 5.95 Å². The topological polar surface area (TPSA) is 63.1 Å². The van der Waals surface area contributed by atoms with Crippen molar-refractivity contribution in [3.8, 4) is 5.69 Å². The van der Waals surface area contributed by atoms with E-state index in [9.17, 15) is 4.79 Å². The highest BCUT2D eigenvalue weighted by Crippen LogP contribution is 2.15. The molecule has 22 heavy (non-hydrogen) atoms. The van der Waals surface area contributed by atoms with Gasteiger partial charge in [0.15, 0.2) is 0 Å². The van der Waals surface area contributed by atoms with Gasteiger partial charge in [0, 0.05) is 24.6 Å². The van der Waals surface area contributed by atoms with Gasteiger partial charge in [-0.1, -0.05) is 18.2 Å². The molecule has 1 aromatic heterocycles. The molecule has 1 fully saturated rings. The minimum atomic E-state index is -0.165. The Kier molecular flexibility index (Phi) is 4.74. The van der Waals surface area contributed by atoms with Crippen molar-refractivity contribution >= 4 is 23.6 Å². The Morgan fingerprint density at radius 2 is 2.00 bits per heavy atom. The molecule has 2 heterocycles. The molecule has 3 rings (SSSR count). The number of nitrogens with one attached hydrogen (secondary N) is 1. The third-order valence-corrected chi connectivity index (χ3v) is 4.73. The van der Waals surface area contributed by atoms with Crippen LogP contribution in [0.5, 0.6) is 0 Å². The van der Waals surface area contributed by atoms with E-state index in [0.717, 1.165) is 30.3 Å². The molecule has 6 nitrogen and oxygen atoms in total. The first-order valence-electron chi connectivity index (χ1n) is 7.34. The van der Waals surface area contributed by atoms with Crippen molar-refractivity contribution in [2.75, 3.05) is 29.9 Å². The fourth-order valence-corrected chi connectivity index (χ4v) is 3.37. The van der Waals surface area contributed by atoms with E-state index >= 15 is 0 Å². The van der Waals surface area contributed by atoms with Gasteiger partial charge in [0.2, 0.25) is 11.9 Å². The average Bonchev–Trinajstić information content (AvgIpc) is 3.04. The third-order valence-electron chi connectivity index (χ3n) is 3.79. The van der Waals surface area contributed by atoms with Gasteiger partial charge < -0.3 is 0 Å². The van der Waals surface area contributed by atoms with Crippen LogP contribution >= 0.6 is 11.8 Å². The molecule has 0 saturated carbocycles. The fourth-order valence-electron chi connectivity index (χ4n) is 2.44. The van der Waals surface area contributed by atoms with E-state index in [-0.39, 0.29) is 11.9 Å². The Bertz CT molecular complexity index is 624. The summed E-state index contributed by atoms with van der Waals surface area (Å²) in [5.74, 6) is 2.57. The molecule has 0 radical (unpaired) electrons. The molecule has 1 aliphatic heterocycles. The average molecular weight is 317 g/mol. The van der Waals surface area contributed by atoms with Gasteiger partial charge in [0.25, 0.3) is 0 Å². The number of nitrogens with zero attached hydrogens (tertiary/aromatic N) is 4. The van der Waals surface area contributed by atoms with E-state index in [2.05, 4.69) is 20.4 Å². The molecule has 1 amide bonds. The molecule has 1 unspecified atom stereocenters. The number of anilines is 1. The number of aromatic nitrogens is 3. The summed E-state index contributed by atoms with van der Waals surface area (Å²) >= 11 is 1.93. The molecule has 116 valence electrons. The van der Waals surface area contributed by atoms with E-state index in [4.69, 9.17) is 0 Å². The first kappa shape index (κ1) is 15.1. The lowest BCUT2D eigenvalue weighted by atomic mass is 10.2. The highest BCUT2D eigenvalue weighted by Gasteiger charge is 2.24. The maximum Gasteiger partial charge on any atom is 0.243 e. The van der Waals surface area contributed by atoms with Gasteiger partial charge in [-0.05, 0) is 19.1 Å². The lowest BCUT2D eigenvalue weighted by Crippen LogP contribution is -2.46. The summed E-state index contributed by atoms with van der Waals surface area (Å²) in [4.78, 5) is 14.7. The van der Waals surface area contributed by atoms with Crippen molar-refractivity contribution in [2.24, 2.45) is 0 Å². The molecule has 1 atom stereocenters. The van der Waals surface area contributed by atoms with Crippen LogP contribution in [0.25, 0.3) is 5.69 Å². The molecule has 0 bridgehead atoms. The standard InChI is InChI=1S/C15H19N5OS/c1-12(19-7-9-22-10-8-19)14(21)17-15-18-16-11-20(15)13-5-3-2-4-6-13/h2-6,11-12H,7-10H2,1H3,(H,17,18,21). The lowest BCUT2D eigenvalue weighted by Gasteiger charge is -2.30. The van der Waals surface area contributed by atoms with E-state index in [1.165, 1.54) is 0 Å². The summed E-state index contributed by atoms with van der Waals surface area (Å²) in [6.07, 6.45) is 1.60. The summed E-state index contributed by atoms with van der Waals surface area (Å²) in [6.45, 7) is 3.84. The summed E-state index contributed by atoms with van der Waals surface area (Å²) in [6, 6.07) is 9.56. The van der Waals surface area contributed by atoms with Crippen LogP contribution in [-0.2, 0) is 4.79 Å². The molecular weight excluding hydrogens is 298 g/mol. The van der Waals surface area contributed by atoms with Crippen LogP contribution in [0.2, 0.25) is 0 Å². The van der Waals surface area contributed by atoms with E-state index in [1.54, 1.807) is 10.9 Å². The number of benzene rings is 1. The Morgan fingerprint density at radius 1 is 1.27 bits per heavy atom. The van der Waals surface area contributed by atoms with Gasteiger partial charge in [-0.2, -0.15) is 11.8 Å². The second-order valence-electron chi connectivity index (χ2n) is 5.17. The van der Waals surface area contributed by atoms with Gasteiger partial charge in [-0.3, -0.25) is 19.6 Å². The zero-order valence-corrected chi connectivity index (χ0v) is 13.3. The Balaban J connectivity index is 1.71. The van der Waals surface area contributed by atoms with Crippen molar-refractivity contribution in [1.29, 1.82) is 0 Å². The van der Waals surface area contributed by atoms with Crippen molar-refractivity contribution in [2.45, 2.75) is 13.0 Å². The molecule has 2 aromatic rings. The third kappa shape index (κ3) is 3.31. The van der Waals surface area contributed by atoms with E-state index < -0.39 is 0 Å². The van der Waals surface area contributed by atoms with Crippen LogP contribution in [0.3, 0.4) is 0 Å². The summed E-state index contributed by atoms with van der Waals surface area (Å²) in [5, 5.41) is 10.8. The van der Waals surface area contributed by atoms with Gasteiger partial charge in [-0.15, -0.1) is 10.2 Å². The summed E-state index contributed by atoms with van der Waals surface area (Å²) < 4.78 is 1.77. The maximum atomic E-state index is 12.5. The minimum Gasteiger partial charge on any atom is -0.293 e. The Morgan fingerprint density at radius 3 is 2.73 bits per heavy atom. The second-order valence-corrected chi connectivity index (χ2v) is 6.40. The van der Waals surface area contributed by atoms with E-state index in [1.807, 2.05) is 49.0 Å². The monoisotopic (exact) mass is 317 g/mol. The molecule has 1 saturated heterocycles. The van der Waals surface area contributed by atoms with Crippen molar-refractivity contribution in [3.05, 3.63) is 36.7 Å². The van der Waals surface area contributed by atoms with Crippen molar-refractivity contribution < 1.29 is 4.79 Å².